The van der Waals surface area contributed by atoms with Crippen LogP contribution in [-0.2, 0) is 11.0 Å². The Labute approximate surface area is 178 Å². The molecule has 0 fully saturated rings. The third-order valence-corrected chi connectivity index (χ3v) is 4.19. The molecule has 0 radical (unpaired) electrons. The van der Waals surface area contributed by atoms with Crippen molar-refractivity contribution in [1.29, 1.82) is 0 Å². The topological polar surface area (TPSA) is 52.6 Å². The first-order chi connectivity index (χ1) is 12.7. The molecule has 0 bridgehead atoms. The molecule has 0 N–H and O–H groups in total. The number of ether oxygens (including phenoxy) is 1. The Kier molecular flexibility index (Phi) is 9.38. The van der Waals surface area contributed by atoms with Crippen molar-refractivity contribution in [2.75, 3.05) is 20.1 Å². The molecule has 2 rings (SSSR count). The number of nitrogens with zero attached hydrogens (tertiary/aromatic N) is 1. The molecule has 0 aliphatic carbocycles. The van der Waals surface area contributed by atoms with E-state index in [1.54, 1.807) is 31.3 Å². The molecule has 2 aromatic rings. The van der Waals surface area contributed by atoms with Crippen LogP contribution in [0.1, 0.15) is 23.7 Å². The van der Waals surface area contributed by atoms with Gasteiger partial charge in [0.1, 0.15) is 11.9 Å². The van der Waals surface area contributed by atoms with E-state index >= 15 is 0 Å². The van der Waals surface area contributed by atoms with Crippen LogP contribution in [0.5, 0.6) is 5.75 Å². The van der Waals surface area contributed by atoms with E-state index in [0.29, 0.717) is 13.0 Å². The number of hydrogen-bond donors (Lipinski definition) is 0. The van der Waals surface area contributed by atoms with Crippen molar-refractivity contribution >= 4 is 17.6 Å². The van der Waals surface area contributed by atoms with Gasteiger partial charge in [0.2, 0.25) is 0 Å². The van der Waals surface area contributed by atoms with Gasteiger partial charge in [0.15, 0.2) is 0 Å². The molecule has 0 aromatic heterocycles. The largest absolute Gasteiger partial charge is 1.00 e. The van der Waals surface area contributed by atoms with Gasteiger partial charge in [0, 0.05) is 19.5 Å². The summed E-state index contributed by atoms with van der Waals surface area (Å²) >= 11 is 5.64. The van der Waals surface area contributed by atoms with Crippen LogP contribution in [0.25, 0.3) is 0 Å². The average molecular weight is 408 g/mol. The molecule has 0 heterocycles. The van der Waals surface area contributed by atoms with Gasteiger partial charge in [-0.25, -0.2) is 0 Å². The number of alkyl halides is 3. The number of carboxylic acids is 1. The Morgan fingerprint density at radius 1 is 1.21 bits per heavy atom. The van der Waals surface area contributed by atoms with Gasteiger partial charge in [0.05, 0.1) is 16.6 Å². The first-order valence-corrected chi connectivity index (χ1v) is 8.51. The van der Waals surface area contributed by atoms with E-state index in [0.717, 1.165) is 17.7 Å². The molecule has 1 atom stereocenters. The smallest absolute Gasteiger partial charge is 0.549 e. The minimum Gasteiger partial charge on any atom is -0.549 e. The summed E-state index contributed by atoms with van der Waals surface area (Å²) in [6, 6.07) is 12.4. The Bertz CT molecular complexity index is 775. The van der Waals surface area contributed by atoms with E-state index < -0.39 is 28.8 Å². The second-order valence-electron chi connectivity index (χ2n) is 6.06. The number of aliphatic carboxylic acids is 1. The number of carboxylic acid groups (broad SMARTS) is 1. The molecule has 0 aliphatic heterocycles. The van der Waals surface area contributed by atoms with Crippen LogP contribution in [0.2, 0.25) is 5.02 Å². The van der Waals surface area contributed by atoms with Gasteiger partial charge in [0.25, 0.3) is 0 Å². The quantitative estimate of drug-likeness (QED) is 0.600. The second-order valence-corrected chi connectivity index (χ2v) is 6.46. The minimum absolute atomic E-state index is 0. The number of carbonyl (C=O) groups is 1. The monoisotopic (exact) mass is 407 g/mol. The minimum atomic E-state index is -4.59. The SMILES string of the molecule is CN(CC[C@H](Oc1ccc(Cl)c(C(F)(F)F)c1)c1ccccc1)CC(=O)[O-].[Li+]. The van der Waals surface area contributed by atoms with Gasteiger partial charge >= 0.3 is 25.0 Å². The van der Waals surface area contributed by atoms with Crippen molar-refractivity contribution in [1.82, 2.24) is 4.90 Å². The fourth-order valence-electron chi connectivity index (χ4n) is 2.56. The second kappa shape index (κ2) is 10.8. The molecular formula is C19H18ClF3LiNO3. The van der Waals surface area contributed by atoms with Crippen LogP contribution in [0.4, 0.5) is 13.2 Å². The predicted molar refractivity (Wildman–Crippen MR) is 93.4 cm³/mol. The van der Waals surface area contributed by atoms with Crippen LogP contribution in [-0.4, -0.2) is 31.0 Å². The molecule has 146 valence electrons. The summed E-state index contributed by atoms with van der Waals surface area (Å²) in [5.41, 5.74) is -0.203. The summed E-state index contributed by atoms with van der Waals surface area (Å²) in [5.74, 6) is -1.18. The van der Waals surface area contributed by atoms with Crippen molar-refractivity contribution in [3.8, 4) is 5.75 Å². The molecule has 0 amide bonds. The summed E-state index contributed by atoms with van der Waals surface area (Å²) in [6.45, 7) is 0.105. The number of likely N-dealkylation sites (N-methyl/N-ethyl adjacent to an activating group) is 1. The zero-order valence-electron chi connectivity index (χ0n) is 15.5. The molecule has 0 aliphatic rings. The molecule has 28 heavy (non-hydrogen) atoms. The molecule has 4 nitrogen and oxygen atoms in total. The fourth-order valence-corrected chi connectivity index (χ4v) is 2.78. The van der Waals surface area contributed by atoms with Crippen LogP contribution < -0.4 is 28.7 Å². The summed E-state index contributed by atoms with van der Waals surface area (Å²) in [4.78, 5) is 12.2. The number of carbonyl (C=O) groups excluding carboxylic acids is 1. The Morgan fingerprint density at radius 3 is 2.43 bits per heavy atom. The standard InChI is InChI=1S/C19H19ClF3NO3.Li/c1-24(12-18(25)26)10-9-17(13-5-3-2-4-6-13)27-14-7-8-16(20)15(11-14)19(21,22)23;/h2-8,11,17H,9-10,12H2,1H3,(H,25,26);/q;+1/p-1/t17-;/m0./s1. The van der Waals surface area contributed by atoms with Crippen molar-refractivity contribution in [3.63, 3.8) is 0 Å². The fraction of sp³-hybridized carbons (Fsp3) is 0.316. The summed E-state index contributed by atoms with van der Waals surface area (Å²) in [5, 5.41) is 10.3. The predicted octanol–water partition coefficient (Wildman–Crippen LogP) is 0.555. The van der Waals surface area contributed by atoms with Crippen LogP contribution >= 0.6 is 11.6 Å². The van der Waals surface area contributed by atoms with Crippen LogP contribution in [0, 0.1) is 0 Å². The first-order valence-electron chi connectivity index (χ1n) is 8.13. The number of benzene rings is 2. The Balaban J connectivity index is 0.00000392. The first kappa shape index (κ1) is 24.4. The van der Waals surface area contributed by atoms with Gasteiger partial charge in [-0.05, 0) is 30.8 Å². The molecular weight excluding hydrogens is 390 g/mol. The molecule has 9 heteroatoms. The van der Waals surface area contributed by atoms with Crippen LogP contribution in [0.15, 0.2) is 48.5 Å². The zero-order chi connectivity index (χ0) is 20.0. The zero-order valence-corrected chi connectivity index (χ0v) is 16.3. The Hall–Kier alpha value is -1.65. The van der Waals surface area contributed by atoms with Gasteiger partial charge < -0.3 is 19.5 Å². The number of hydrogen-bond acceptors (Lipinski definition) is 4. The van der Waals surface area contributed by atoms with E-state index in [1.165, 1.54) is 11.0 Å². The molecule has 0 saturated heterocycles. The van der Waals surface area contributed by atoms with E-state index in [1.807, 2.05) is 6.07 Å². The maximum atomic E-state index is 13.1. The molecule has 0 unspecified atom stereocenters. The van der Waals surface area contributed by atoms with E-state index in [4.69, 9.17) is 16.3 Å². The van der Waals surface area contributed by atoms with Gasteiger partial charge in [-0.15, -0.1) is 0 Å². The van der Waals surface area contributed by atoms with Gasteiger partial charge in [-0.3, -0.25) is 0 Å². The van der Waals surface area contributed by atoms with Crippen LogP contribution in [0.3, 0.4) is 0 Å². The molecule has 0 saturated carbocycles. The Morgan fingerprint density at radius 2 is 1.86 bits per heavy atom. The van der Waals surface area contributed by atoms with E-state index in [2.05, 4.69) is 0 Å². The summed E-state index contributed by atoms with van der Waals surface area (Å²) in [7, 11) is 1.61. The summed E-state index contributed by atoms with van der Waals surface area (Å²) in [6.07, 6.45) is -4.77. The normalized spacial score (nSPS) is 12.4. The average Bonchev–Trinajstić information content (AvgIpc) is 2.59. The van der Waals surface area contributed by atoms with Crippen molar-refractivity contribution in [2.24, 2.45) is 0 Å². The third-order valence-electron chi connectivity index (χ3n) is 3.86. The van der Waals surface area contributed by atoms with Crippen molar-refractivity contribution in [2.45, 2.75) is 18.7 Å². The third kappa shape index (κ3) is 7.40. The summed E-state index contributed by atoms with van der Waals surface area (Å²) < 4.78 is 45.0. The maximum absolute atomic E-state index is 13.1. The van der Waals surface area contributed by atoms with E-state index in [9.17, 15) is 23.1 Å². The van der Waals surface area contributed by atoms with Crippen molar-refractivity contribution < 1.29 is 46.7 Å². The van der Waals surface area contributed by atoms with E-state index in [-0.39, 0.29) is 31.2 Å². The van der Waals surface area contributed by atoms with Gasteiger partial charge in [-0.1, -0.05) is 41.9 Å². The number of rotatable bonds is 8. The van der Waals surface area contributed by atoms with Gasteiger partial charge in [-0.2, -0.15) is 13.2 Å². The number of halogens is 4. The molecule has 0 spiro atoms. The molecule has 2 aromatic carbocycles. The van der Waals surface area contributed by atoms with Crippen molar-refractivity contribution in [3.05, 3.63) is 64.7 Å². The maximum Gasteiger partial charge on any atom is 1.00 e.